The predicted molar refractivity (Wildman–Crippen MR) is 111 cm³/mol. The van der Waals surface area contributed by atoms with Gasteiger partial charge in [0, 0.05) is 12.6 Å². The first kappa shape index (κ1) is 21.6. The zero-order valence-corrected chi connectivity index (χ0v) is 17.9. The normalized spacial score (nSPS) is 11.8. The molecule has 1 amide bonds. The van der Waals surface area contributed by atoms with Crippen molar-refractivity contribution in [2.45, 2.75) is 18.2 Å². The third-order valence-corrected chi connectivity index (χ3v) is 5.49. The van der Waals surface area contributed by atoms with Crippen LogP contribution in [-0.2, 0) is 4.79 Å². The average molecular weight is 431 g/mol. The molecule has 3 aromatic rings. The number of hydrogen-bond donors (Lipinski definition) is 0. The molecule has 0 radical (unpaired) electrons. The van der Waals surface area contributed by atoms with Gasteiger partial charge in [-0.2, -0.15) is 0 Å². The maximum Gasteiger partial charge on any atom is 0.277 e. The summed E-state index contributed by atoms with van der Waals surface area (Å²) in [5, 5.41) is 8.32. The van der Waals surface area contributed by atoms with Gasteiger partial charge in [0.25, 0.3) is 5.22 Å². The van der Waals surface area contributed by atoms with E-state index in [9.17, 15) is 9.18 Å². The molecule has 158 valence electrons. The number of rotatable bonds is 8. The van der Waals surface area contributed by atoms with Gasteiger partial charge in [0.1, 0.15) is 5.82 Å². The molecule has 9 heteroatoms. The Labute approximate surface area is 178 Å². The number of benzene rings is 2. The van der Waals surface area contributed by atoms with E-state index < -0.39 is 0 Å². The summed E-state index contributed by atoms with van der Waals surface area (Å²) >= 11 is 1.16. The fraction of sp³-hybridized carbons (Fsp3) is 0.286. The van der Waals surface area contributed by atoms with Crippen molar-refractivity contribution in [3.63, 3.8) is 0 Å². The van der Waals surface area contributed by atoms with Gasteiger partial charge in [-0.1, -0.05) is 23.9 Å². The molecule has 1 aromatic heterocycles. The van der Waals surface area contributed by atoms with E-state index in [0.29, 0.717) is 23.0 Å². The van der Waals surface area contributed by atoms with Gasteiger partial charge in [0.15, 0.2) is 11.5 Å². The van der Waals surface area contributed by atoms with Crippen LogP contribution in [0.15, 0.2) is 52.1 Å². The largest absolute Gasteiger partial charge is 0.493 e. The van der Waals surface area contributed by atoms with Gasteiger partial charge in [-0.05, 0) is 42.8 Å². The number of carbonyl (C=O) groups excluding carboxylic acids is 1. The van der Waals surface area contributed by atoms with Gasteiger partial charge in [-0.15, -0.1) is 10.2 Å². The standard InChI is InChI=1S/C21H22FN3O4S/c1-13(14-5-8-16(22)9-6-14)25(2)19(26)12-30-21-24-23-20(29-21)15-7-10-17(27-3)18(11-15)28-4/h5-11,13H,12H2,1-4H3. The van der Waals surface area contributed by atoms with Crippen LogP contribution in [0.25, 0.3) is 11.5 Å². The van der Waals surface area contributed by atoms with Crippen molar-refractivity contribution in [1.29, 1.82) is 0 Å². The second kappa shape index (κ2) is 9.62. The van der Waals surface area contributed by atoms with Crippen molar-refractivity contribution >= 4 is 17.7 Å². The Bertz CT molecular complexity index is 1010. The van der Waals surface area contributed by atoms with E-state index in [1.54, 1.807) is 56.5 Å². The van der Waals surface area contributed by atoms with E-state index in [4.69, 9.17) is 13.9 Å². The Balaban J connectivity index is 1.62. The highest BCUT2D eigenvalue weighted by atomic mass is 32.2. The molecule has 0 spiro atoms. The number of amides is 1. The molecule has 0 aliphatic heterocycles. The smallest absolute Gasteiger partial charge is 0.277 e. The minimum atomic E-state index is -0.308. The minimum absolute atomic E-state index is 0.109. The molecule has 0 N–H and O–H groups in total. The summed E-state index contributed by atoms with van der Waals surface area (Å²) in [5.41, 5.74) is 1.53. The van der Waals surface area contributed by atoms with Crippen LogP contribution in [0, 0.1) is 5.82 Å². The van der Waals surface area contributed by atoms with Gasteiger partial charge in [0.05, 0.1) is 26.0 Å². The van der Waals surface area contributed by atoms with Gasteiger partial charge < -0.3 is 18.8 Å². The van der Waals surface area contributed by atoms with E-state index in [-0.39, 0.29) is 28.7 Å². The first-order valence-corrected chi connectivity index (χ1v) is 10.1. The number of hydrogen-bond acceptors (Lipinski definition) is 7. The second-order valence-corrected chi connectivity index (χ2v) is 7.39. The highest BCUT2D eigenvalue weighted by Crippen LogP contribution is 2.32. The Kier molecular flexibility index (Phi) is 6.94. The van der Waals surface area contributed by atoms with Crippen molar-refractivity contribution in [2.75, 3.05) is 27.0 Å². The fourth-order valence-corrected chi connectivity index (χ4v) is 3.45. The van der Waals surface area contributed by atoms with Gasteiger partial charge in [0.2, 0.25) is 11.8 Å². The molecule has 7 nitrogen and oxygen atoms in total. The van der Waals surface area contributed by atoms with Crippen LogP contribution in [0.4, 0.5) is 4.39 Å². The zero-order valence-electron chi connectivity index (χ0n) is 17.1. The van der Waals surface area contributed by atoms with Crippen LogP contribution in [-0.4, -0.2) is 48.0 Å². The van der Waals surface area contributed by atoms with Gasteiger partial charge in [-0.25, -0.2) is 4.39 Å². The van der Waals surface area contributed by atoms with Crippen molar-refractivity contribution in [2.24, 2.45) is 0 Å². The molecule has 0 saturated heterocycles. The van der Waals surface area contributed by atoms with Crippen molar-refractivity contribution < 1.29 is 23.1 Å². The summed E-state index contributed by atoms with van der Waals surface area (Å²) in [4.78, 5) is 14.1. The molecule has 0 fully saturated rings. The Morgan fingerprint density at radius 3 is 2.50 bits per heavy atom. The Hall–Kier alpha value is -3.07. The topological polar surface area (TPSA) is 77.7 Å². The van der Waals surface area contributed by atoms with E-state index >= 15 is 0 Å². The van der Waals surface area contributed by atoms with Crippen LogP contribution < -0.4 is 9.47 Å². The summed E-state index contributed by atoms with van der Waals surface area (Å²) in [6, 6.07) is 11.2. The molecular formula is C21H22FN3O4S. The van der Waals surface area contributed by atoms with Crippen molar-refractivity contribution in [1.82, 2.24) is 15.1 Å². The molecule has 1 atom stereocenters. The molecular weight excluding hydrogens is 409 g/mol. The number of carbonyl (C=O) groups is 1. The number of methoxy groups -OCH3 is 2. The van der Waals surface area contributed by atoms with Crippen LogP contribution >= 0.6 is 11.8 Å². The molecule has 0 aliphatic rings. The molecule has 3 rings (SSSR count). The van der Waals surface area contributed by atoms with Crippen molar-refractivity contribution in [3.8, 4) is 23.0 Å². The zero-order chi connectivity index (χ0) is 21.7. The summed E-state index contributed by atoms with van der Waals surface area (Å²) in [5.74, 6) is 1.18. The van der Waals surface area contributed by atoms with E-state index in [1.165, 1.54) is 12.1 Å². The molecule has 0 saturated carbocycles. The summed E-state index contributed by atoms with van der Waals surface area (Å²) < 4.78 is 29.3. The number of nitrogens with zero attached hydrogens (tertiary/aromatic N) is 3. The van der Waals surface area contributed by atoms with E-state index in [2.05, 4.69) is 10.2 Å². The lowest BCUT2D eigenvalue weighted by atomic mass is 10.1. The molecule has 0 aliphatic carbocycles. The van der Waals surface area contributed by atoms with E-state index in [1.807, 2.05) is 6.92 Å². The summed E-state index contributed by atoms with van der Waals surface area (Å²) in [7, 11) is 4.81. The first-order chi connectivity index (χ1) is 14.4. The molecule has 1 unspecified atom stereocenters. The predicted octanol–water partition coefficient (Wildman–Crippen LogP) is 4.20. The fourth-order valence-electron chi connectivity index (χ4n) is 2.76. The number of aromatic nitrogens is 2. The van der Waals surface area contributed by atoms with Crippen LogP contribution in [0.5, 0.6) is 11.5 Å². The summed E-state index contributed by atoms with van der Waals surface area (Å²) in [6.45, 7) is 1.89. The quantitative estimate of drug-likeness (QED) is 0.495. The molecule has 30 heavy (non-hydrogen) atoms. The maximum absolute atomic E-state index is 13.1. The highest BCUT2D eigenvalue weighted by Gasteiger charge is 2.19. The number of halogens is 1. The number of ether oxygens (including phenoxy) is 2. The highest BCUT2D eigenvalue weighted by molar-refractivity contribution is 7.99. The van der Waals surface area contributed by atoms with Gasteiger partial charge >= 0.3 is 0 Å². The van der Waals surface area contributed by atoms with Crippen molar-refractivity contribution in [3.05, 3.63) is 53.8 Å². The average Bonchev–Trinajstić information content (AvgIpc) is 3.25. The van der Waals surface area contributed by atoms with Crippen LogP contribution in [0.3, 0.4) is 0 Å². The number of thioether (sulfide) groups is 1. The van der Waals surface area contributed by atoms with Gasteiger partial charge in [-0.3, -0.25) is 4.79 Å². The molecule has 2 aromatic carbocycles. The van der Waals surface area contributed by atoms with Crippen LogP contribution in [0.1, 0.15) is 18.5 Å². The Morgan fingerprint density at radius 1 is 1.13 bits per heavy atom. The van der Waals surface area contributed by atoms with E-state index in [0.717, 1.165) is 17.3 Å². The maximum atomic E-state index is 13.1. The Morgan fingerprint density at radius 2 is 1.83 bits per heavy atom. The van der Waals surface area contributed by atoms with Crippen LogP contribution in [0.2, 0.25) is 0 Å². The lowest BCUT2D eigenvalue weighted by Gasteiger charge is -2.25. The molecule has 0 bridgehead atoms. The second-order valence-electron chi connectivity index (χ2n) is 6.46. The first-order valence-electron chi connectivity index (χ1n) is 9.12. The lowest BCUT2D eigenvalue weighted by molar-refractivity contribution is -0.128. The minimum Gasteiger partial charge on any atom is -0.493 e. The lowest BCUT2D eigenvalue weighted by Crippen LogP contribution is -2.31. The monoisotopic (exact) mass is 431 g/mol. The SMILES string of the molecule is COc1ccc(-c2nnc(SCC(=O)N(C)C(C)c3ccc(F)cc3)o2)cc1OC. The summed E-state index contributed by atoms with van der Waals surface area (Å²) in [6.07, 6.45) is 0. The molecule has 1 heterocycles. The third kappa shape index (κ3) is 4.91. The third-order valence-electron chi connectivity index (χ3n) is 4.68.